The van der Waals surface area contributed by atoms with Gasteiger partial charge in [0.2, 0.25) is 11.8 Å². The van der Waals surface area contributed by atoms with Gasteiger partial charge in [0, 0.05) is 51.4 Å². The highest BCUT2D eigenvalue weighted by atomic mass is 16.5. The maximum atomic E-state index is 12.6. The first-order chi connectivity index (χ1) is 13.5. The average Bonchev–Trinajstić information content (AvgIpc) is 2.85. The number of rotatable bonds is 6. The van der Waals surface area contributed by atoms with Crippen LogP contribution in [0.4, 0.5) is 0 Å². The molecule has 2 amide bonds. The number of amides is 2. The van der Waals surface area contributed by atoms with Gasteiger partial charge in [-0.05, 0) is 25.3 Å². The van der Waals surface area contributed by atoms with Gasteiger partial charge in [-0.1, -0.05) is 19.4 Å². The molecule has 7 heteroatoms. The van der Waals surface area contributed by atoms with Crippen molar-refractivity contribution in [2.24, 2.45) is 0 Å². The van der Waals surface area contributed by atoms with E-state index in [4.69, 9.17) is 4.74 Å². The summed E-state index contributed by atoms with van der Waals surface area (Å²) < 4.78 is 7.70. The fraction of sp³-hybridized carbons (Fsp3) is 0.667. The van der Waals surface area contributed by atoms with E-state index in [9.17, 15) is 14.4 Å². The number of pyridine rings is 1. The normalized spacial score (nSPS) is 19.7. The Hall–Kier alpha value is -2.15. The molecule has 1 aromatic rings. The zero-order valence-electron chi connectivity index (χ0n) is 16.8. The van der Waals surface area contributed by atoms with Crippen LogP contribution < -0.4 is 5.56 Å². The van der Waals surface area contributed by atoms with Gasteiger partial charge in [0.05, 0.1) is 18.6 Å². The van der Waals surface area contributed by atoms with Gasteiger partial charge in [0.1, 0.15) is 0 Å². The Kier molecular flexibility index (Phi) is 6.88. The van der Waals surface area contributed by atoms with Crippen LogP contribution in [0.3, 0.4) is 0 Å². The first kappa shape index (κ1) is 20.6. The lowest BCUT2D eigenvalue weighted by Gasteiger charge is -2.42. The number of piperidine rings is 1. The number of hydrogen-bond acceptors (Lipinski definition) is 4. The molecule has 0 unspecified atom stereocenters. The molecule has 1 aromatic heterocycles. The Balaban J connectivity index is 1.53. The largest absolute Gasteiger partial charge is 0.372 e. The Morgan fingerprint density at radius 2 is 1.96 bits per heavy atom. The standard InChI is InChI=1S/C21H31N3O4/c1-2-3-11-24-17-21(28-16-8-20(24)27)9-14-23(15-10-21)19(26)7-13-22-12-5-4-6-18(22)25/h4-6,12H,2-3,7-11,13-17H2,1H3. The average molecular weight is 389 g/mol. The minimum Gasteiger partial charge on any atom is -0.372 e. The van der Waals surface area contributed by atoms with Crippen LogP contribution in [0.1, 0.15) is 45.4 Å². The van der Waals surface area contributed by atoms with Gasteiger partial charge in [-0.3, -0.25) is 14.4 Å². The van der Waals surface area contributed by atoms with Crippen LogP contribution in [-0.2, 0) is 20.9 Å². The van der Waals surface area contributed by atoms with Crippen LogP contribution in [0.15, 0.2) is 29.2 Å². The molecule has 0 saturated carbocycles. The molecule has 28 heavy (non-hydrogen) atoms. The molecule has 2 aliphatic heterocycles. The quantitative estimate of drug-likeness (QED) is 0.742. The topological polar surface area (TPSA) is 71.8 Å². The Bertz CT molecular complexity index is 737. The van der Waals surface area contributed by atoms with Crippen molar-refractivity contribution >= 4 is 11.8 Å². The monoisotopic (exact) mass is 389 g/mol. The van der Waals surface area contributed by atoms with Crippen molar-refractivity contribution in [2.75, 3.05) is 32.8 Å². The molecule has 3 heterocycles. The van der Waals surface area contributed by atoms with E-state index in [-0.39, 0.29) is 23.0 Å². The van der Waals surface area contributed by atoms with E-state index in [1.54, 1.807) is 22.9 Å². The second-order valence-corrected chi connectivity index (χ2v) is 7.81. The summed E-state index contributed by atoms with van der Waals surface area (Å²) in [5.41, 5.74) is -0.413. The van der Waals surface area contributed by atoms with E-state index in [1.807, 2.05) is 9.80 Å². The fourth-order valence-electron chi connectivity index (χ4n) is 4.03. The molecule has 2 fully saturated rings. The van der Waals surface area contributed by atoms with Crippen LogP contribution in [0.2, 0.25) is 0 Å². The highest BCUT2D eigenvalue weighted by molar-refractivity contribution is 5.77. The fourth-order valence-corrected chi connectivity index (χ4v) is 4.03. The molecule has 3 rings (SSSR count). The van der Waals surface area contributed by atoms with Crippen molar-refractivity contribution < 1.29 is 14.3 Å². The molecule has 1 spiro atoms. The predicted octanol–water partition coefficient (Wildman–Crippen LogP) is 1.65. The van der Waals surface area contributed by atoms with E-state index in [0.29, 0.717) is 45.6 Å². The predicted molar refractivity (Wildman–Crippen MR) is 106 cm³/mol. The lowest BCUT2D eigenvalue weighted by molar-refractivity contribution is -0.140. The van der Waals surface area contributed by atoms with Crippen molar-refractivity contribution in [3.63, 3.8) is 0 Å². The summed E-state index contributed by atoms with van der Waals surface area (Å²) in [5, 5.41) is 0. The second-order valence-electron chi connectivity index (χ2n) is 7.81. The van der Waals surface area contributed by atoms with Crippen molar-refractivity contribution in [3.8, 4) is 0 Å². The Labute approximate surface area is 166 Å². The summed E-state index contributed by atoms with van der Waals surface area (Å²) in [4.78, 5) is 40.5. The smallest absolute Gasteiger partial charge is 0.250 e. The van der Waals surface area contributed by atoms with Crippen LogP contribution >= 0.6 is 0 Å². The summed E-state index contributed by atoms with van der Waals surface area (Å²) in [6.07, 6.45) is 6.04. The lowest BCUT2D eigenvalue weighted by atomic mass is 9.90. The number of likely N-dealkylation sites (tertiary alicyclic amines) is 1. The highest BCUT2D eigenvalue weighted by Crippen LogP contribution is 2.30. The molecular weight excluding hydrogens is 358 g/mol. The molecule has 2 saturated heterocycles. The van der Waals surface area contributed by atoms with Crippen molar-refractivity contribution in [1.29, 1.82) is 0 Å². The summed E-state index contributed by atoms with van der Waals surface area (Å²) in [5.74, 6) is 0.246. The van der Waals surface area contributed by atoms with Gasteiger partial charge in [0.25, 0.3) is 5.56 Å². The summed E-state index contributed by atoms with van der Waals surface area (Å²) in [7, 11) is 0. The molecule has 0 N–H and O–H groups in total. The third-order valence-electron chi connectivity index (χ3n) is 5.83. The molecule has 0 radical (unpaired) electrons. The third-order valence-corrected chi connectivity index (χ3v) is 5.83. The Morgan fingerprint density at radius 3 is 2.68 bits per heavy atom. The summed E-state index contributed by atoms with van der Waals surface area (Å²) in [6, 6.07) is 5.00. The maximum Gasteiger partial charge on any atom is 0.250 e. The van der Waals surface area contributed by atoms with E-state index >= 15 is 0 Å². The van der Waals surface area contributed by atoms with Gasteiger partial charge < -0.3 is 19.1 Å². The van der Waals surface area contributed by atoms with Gasteiger partial charge in [-0.25, -0.2) is 0 Å². The molecule has 0 bridgehead atoms. The SMILES string of the molecule is CCCCN1CC2(CCN(C(=O)CCn3ccccc3=O)CC2)OCCC1=O. The van der Waals surface area contributed by atoms with E-state index in [0.717, 1.165) is 32.2 Å². The van der Waals surface area contributed by atoms with Crippen LogP contribution in [0.5, 0.6) is 0 Å². The zero-order chi connectivity index (χ0) is 20.0. The Morgan fingerprint density at radius 1 is 1.18 bits per heavy atom. The van der Waals surface area contributed by atoms with Crippen molar-refractivity contribution in [2.45, 2.75) is 57.6 Å². The van der Waals surface area contributed by atoms with E-state index < -0.39 is 0 Å². The molecule has 0 aliphatic carbocycles. The molecule has 0 atom stereocenters. The van der Waals surface area contributed by atoms with Crippen molar-refractivity contribution in [3.05, 3.63) is 34.7 Å². The summed E-state index contributed by atoms with van der Waals surface area (Å²) >= 11 is 0. The number of aromatic nitrogens is 1. The second kappa shape index (κ2) is 9.37. The lowest BCUT2D eigenvalue weighted by Crippen LogP contribution is -2.53. The number of carbonyl (C=O) groups is 2. The van der Waals surface area contributed by atoms with Crippen molar-refractivity contribution in [1.82, 2.24) is 14.4 Å². The minimum atomic E-state index is -0.326. The van der Waals surface area contributed by atoms with Crippen LogP contribution in [0.25, 0.3) is 0 Å². The van der Waals surface area contributed by atoms with Gasteiger partial charge in [-0.2, -0.15) is 0 Å². The van der Waals surface area contributed by atoms with Crippen LogP contribution in [0, 0.1) is 0 Å². The number of unbranched alkanes of at least 4 members (excludes halogenated alkanes) is 1. The molecule has 154 valence electrons. The highest BCUT2D eigenvalue weighted by Gasteiger charge is 2.40. The molecular formula is C21H31N3O4. The first-order valence-corrected chi connectivity index (χ1v) is 10.4. The van der Waals surface area contributed by atoms with E-state index in [2.05, 4.69) is 6.92 Å². The number of hydrogen-bond donors (Lipinski definition) is 0. The number of nitrogens with zero attached hydrogens (tertiary/aromatic N) is 3. The maximum absolute atomic E-state index is 12.6. The van der Waals surface area contributed by atoms with Gasteiger partial charge >= 0.3 is 0 Å². The number of aryl methyl sites for hydroxylation is 1. The number of carbonyl (C=O) groups excluding carboxylic acids is 2. The molecule has 0 aromatic carbocycles. The molecule has 7 nitrogen and oxygen atoms in total. The minimum absolute atomic E-state index is 0.0677. The van der Waals surface area contributed by atoms with Gasteiger partial charge in [-0.15, -0.1) is 0 Å². The third kappa shape index (κ3) is 5.01. The van der Waals surface area contributed by atoms with E-state index in [1.165, 1.54) is 6.07 Å². The zero-order valence-corrected chi connectivity index (χ0v) is 16.8. The molecule has 2 aliphatic rings. The number of ether oxygens (including phenoxy) is 1. The van der Waals surface area contributed by atoms with Gasteiger partial charge in [0.15, 0.2) is 0 Å². The first-order valence-electron chi connectivity index (χ1n) is 10.4. The summed E-state index contributed by atoms with van der Waals surface area (Å²) in [6.45, 7) is 5.68. The van der Waals surface area contributed by atoms with Crippen LogP contribution in [-0.4, -0.2) is 64.6 Å².